The van der Waals surface area contributed by atoms with E-state index in [0.29, 0.717) is 16.6 Å². The van der Waals surface area contributed by atoms with E-state index in [1.807, 2.05) is 32.2 Å². The lowest BCUT2D eigenvalue weighted by molar-refractivity contribution is -0.116. The highest BCUT2D eigenvalue weighted by molar-refractivity contribution is 7.99. The van der Waals surface area contributed by atoms with Crippen molar-refractivity contribution in [2.75, 3.05) is 11.6 Å². The molecule has 2 aromatic rings. The van der Waals surface area contributed by atoms with Gasteiger partial charge < -0.3 is 5.32 Å². The molecule has 4 nitrogen and oxygen atoms in total. The molecule has 0 radical (unpaired) electrons. The van der Waals surface area contributed by atoms with Crippen molar-refractivity contribution in [2.45, 2.75) is 25.0 Å². The number of nitrogens with zero attached hydrogens (tertiary/aromatic N) is 2. The van der Waals surface area contributed by atoms with E-state index in [0.717, 1.165) is 10.6 Å². The first-order valence-corrected chi connectivity index (χ1v) is 8.75. The Bertz CT molecular complexity index is 628. The van der Waals surface area contributed by atoms with Crippen molar-refractivity contribution in [3.8, 4) is 10.6 Å². The molecule has 7 heteroatoms. The fourth-order valence-electron chi connectivity index (χ4n) is 1.62. The molecule has 2 aromatic heterocycles. The smallest absolute Gasteiger partial charge is 0.226 e. The predicted molar refractivity (Wildman–Crippen MR) is 91.2 cm³/mol. The van der Waals surface area contributed by atoms with Crippen LogP contribution in [0.15, 0.2) is 24.5 Å². The highest BCUT2D eigenvalue weighted by Gasteiger charge is 2.22. The third-order valence-electron chi connectivity index (χ3n) is 2.89. The number of anilines is 1. The zero-order valence-electron chi connectivity index (χ0n) is 12.0. The Hall–Kier alpha value is -1.11. The molecule has 2 rings (SSSR count). The van der Waals surface area contributed by atoms with Crippen LogP contribution in [0.4, 0.5) is 5.00 Å². The summed E-state index contributed by atoms with van der Waals surface area (Å²) in [5.74, 6) is -0.0577. The van der Waals surface area contributed by atoms with Crippen molar-refractivity contribution >= 4 is 45.6 Å². The second-order valence-corrected chi connectivity index (χ2v) is 7.94. The van der Waals surface area contributed by atoms with Gasteiger partial charge in [0.1, 0.15) is 10.0 Å². The number of hydrogen-bond acceptors (Lipinski definition) is 5. The van der Waals surface area contributed by atoms with Crippen molar-refractivity contribution in [1.82, 2.24) is 9.97 Å². The minimum Gasteiger partial charge on any atom is -0.315 e. The number of carbonyl (C=O) groups excluding carboxylic acids is 1. The maximum absolute atomic E-state index is 12.1. The van der Waals surface area contributed by atoms with Crippen LogP contribution in [-0.4, -0.2) is 26.9 Å². The van der Waals surface area contributed by atoms with Crippen molar-refractivity contribution < 1.29 is 4.79 Å². The second kappa shape index (κ2) is 6.77. The number of pyridine rings is 1. The van der Waals surface area contributed by atoms with Crippen molar-refractivity contribution in [3.05, 3.63) is 29.7 Å². The van der Waals surface area contributed by atoms with Gasteiger partial charge in [0.05, 0.1) is 0 Å². The lowest BCUT2D eigenvalue weighted by atomic mass is 10.1. The molecule has 21 heavy (non-hydrogen) atoms. The Balaban J connectivity index is 2.12. The first-order chi connectivity index (χ1) is 9.91. The molecule has 0 aliphatic heterocycles. The quantitative estimate of drug-likeness (QED) is 0.879. The Kier molecular flexibility index (Phi) is 5.24. The molecular weight excluding hydrogens is 326 g/mol. The maximum atomic E-state index is 12.1. The van der Waals surface area contributed by atoms with Gasteiger partial charge in [-0.25, -0.2) is 4.98 Å². The van der Waals surface area contributed by atoms with Gasteiger partial charge in [-0.15, -0.1) is 0 Å². The summed E-state index contributed by atoms with van der Waals surface area (Å²) >= 11 is 9.11. The fraction of sp³-hybridized carbons (Fsp3) is 0.357. The van der Waals surface area contributed by atoms with Crippen LogP contribution in [-0.2, 0) is 4.79 Å². The highest BCUT2D eigenvalue weighted by atomic mass is 35.5. The van der Waals surface area contributed by atoms with Gasteiger partial charge in [-0.1, -0.05) is 36.8 Å². The van der Waals surface area contributed by atoms with Gasteiger partial charge in [-0.05, 0) is 18.4 Å². The van der Waals surface area contributed by atoms with Gasteiger partial charge in [0.25, 0.3) is 0 Å². The number of thiazole rings is 1. The standard InChI is InChI=1S/C14H16ClN3OS2/c1-14(2,20-3)7-10(19)17-13-11(15)18-12(21-13)9-5-4-6-16-8-9/h4-6,8H,7H2,1-3H3,(H,17,19). The van der Waals surface area contributed by atoms with Crippen LogP contribution in [0.25, 0.3) is 10.6 Å². The summed E-state index contributed by atoms with van der Waals surface area (Å²) in [4.78, 5) is 20.4. The molecule has 0 aliphatic rings. The topological polar surface area (TPSA) is 54.9 Å². The van der Waals surface area contributed by atoms with Crippen LogP contribution in [0, 0.1) is 0 Å². The maximum Gasteiger partial charge on any atom is 0.226 e. The van der Waals surface area contributed by atoms with Crippen LogP contribution in [0.3, 0.4) is 0 Å². The van der Waals surface area contributed by atoms with Crippen molar-refractivity contribution in [3.63, 3.8) is 0 Å². The van der Waals surface area contributed by atoms with Gasteiger partial charge in [0, 0.05) is 29.1 Å². The summed E-state index contributed by atoms with van der Waals surface area (Å²) in [7, 11) is 0. The molecule has 0 unspecified atom stereocenters. The fourth-order valence-corrected chi connectivity index (χ4v) is 3.06. The van der Waals surface area contributed by atoms with E-state index in [2.05, 4.69) is 15.3 Å². The minimum absolute atomic E-state index is 0.0577. The largest absolute Gasteiger partial charge is 0.315 e. The van der Waals surface area contributed by atoms with Gasteiger partial charge in [0.15, 0.2) is 5.15 Å². The van der Waals surface area contributed by atoms with Crippen LogP contribution in [0.5, 0.6) is 0 Å². The second-order valence-electron chi connectivity index (χ2n) is 5.07. The monoisotopic (exact) mass is 341 g/mol. The Morgan fingerprint density at radius 1 is 1.52 bits per heavy atom. The van der Waals surface area contributed by atoms with Crippen LogP contribution < -0.4 is 5.32 Å². The zero-order chi connectivity index (χ0) is 15.5. The van der Waals surface area contributed by atoms with E-state index in [1.54, 1.807) is 24.2 Å². The molecule has 0 spiro atoms. The molecule has 0 atom stereocenters. The van der Waals surface area contributed by atoms with Crippen LogP contribution in [0.1, 0.15) is 20.3 Å². The summed E-state index contributed by atoms with van der Waals surface area (Å²) in [6, 6.07) is 3.74. The number of thioether (sulfide) groups is 1. The lowest BCUT2D eigenvalue weighted by Crippen LogP contribution is -2.24. The minimum atomic E-state index is -0.104. The number of aromatic nitrogens is 2. The summed E-state index contributed by atoms with van der Waals surface area (Å²) < 4.78 is -0.104. The summed E-state index contributed by atoms with van der Waals surface area (Å²) in [6.45, 7) is 4.07. The van der Waals surface area contributed by atoms with E-state index in [4.69, 9.17) is 11.6 Å². The number of rotatable bonds is 5. The van der Waals surface area contributed by atoms with E-state index < -0.39 is 0 Å². The Morgan fingerprint density at radius 2 is 2.29 bits per heavy atom. The summed E-state index contributed by atoms with van der Waals surface area (Å²) in [5.41, 5.74) is 0.884. The van der Waals surface area contributed by atoms with Gasteiger partial charge in [-0.3, -0.25) is 9.78 Å². The average Bonchev–Trinajstić information content (AvgIpc) is 2.80. The first kappa shape index (κ1) is 16.3. The molecule has 0 saturated carbocycles. The number of nitrogens with one attached hydrogen (secondary N) is 1. The predicted octanol–water partition coefficient (Wildman–Crippen LogP) is 4.33. The van der Waals surface area contributed by atoms with Gasteiger partial charge in [-0.2, -0.15) is 11.8 Å². The molecule has 1 N–H and O–H groups in total. The average molecular weight is 342 g/mol. The van der Waals surface area contributed by atoms with Crippen LogP contribution >= 0.6 is 34.7 Å². The Morgan fingerprint density at radius 3 is 2.90 bits per heavy atom. The van der Waals surface area contributed by atoms with Crippen LogP contribution in [0.2, 0.25) is 5.15 Å². The normalized spacial score (nSPS) is 11.4. The molecular formula is C14H16ClN3OS2. The Labute approximate surface area is 137 Å². The third-order valence-corrected chi connectivity index (χ3v) is 5.54. The molecule has 0 aromatic carbocycles. The molecule has 0 saturated heterocycles. The van der Waals surface area contributed by atoms with Gasteiger partial charge in [0.2, 0.25) is 5.91 Å². The van der Waals surface area contributed by atoms with E-state index in [-0.39, 0.29) is 10.7 Å². The third kappa shape index (κ3) is 4.43. The number of amides is 1. The van der Waals surface area contributed by atoms with E-state index in [1.165, 1.54) is 11.3 Å². The van der Waals surface area contributed by atoms with Gasteiger partial charge >= 0.3 is 0 Å². The summed E-state index contributed by atoms with van der Waals surface area (Å²) in [5, 5.41) is 4.48. The van der Waals surface area contributed by atoms with Crippen molar-refractivity contribution in [2.24, 2.45) is 0 Å². The molecule has 112 valence electrons. The van der Waals surface area contributed by atoms with Crippen molar-refractivity contribution in [1.29, 1.82) is 0 Å². The number of halogens is 1. The zero-order valence-corrected chi connectivity index (χ0v) is 14.4. The molecule has 0 fully saturated rings. The number of hydrogen-bond donors (Lipinski definition) is 1. The van der Waals surface area contributed by atoms with E-state index in [9.17, 15) is 4.79 Å². The first-order valence-electron chi connectivity index (χ1n) is 6.33. The molecule has 0 aliphatic carbocycles. The summed E-state index contributed by atoms with van der Waals surface area (Å²) in [6.07, 6.45) is 5.83. The molecule has 0 bridgehead atoms. The van der Waals surface area contributed by atoms with E-state index >= 15 is 0 Å². The molecule has 1 amide bonds. The highest BCUT2D eigenvalue weighted by Crippen LogP contribution is 2.35. The number of carbonyl (C=O) groups is 1. The SMILES string of the molecule is CSC(C)(C)CC(=O)Nc1sc(-c2cccnc2)nc1Cl. The molecule has 2 heterocycles. The lowest BCUT2D eigenvalue weighted by Gasteiger charge is -2.20.